The van der Waals surface area contributed by atoms with Crippen LogP contribution in [-0.4, -0.2) is 21.0 Å². The van der Waals surface area contributed by atoms with Crippen molar-refractivity contribution in [3.63, 3.8) is 0 Å². The first-order chi connectivity index (χ1) is 8.61. The molecule has 1 heterocycles. The van der Waals surface area contributed by atoms with E-state index in [9.17, 15) is 4.79 Å². The second kappa shape index (κ2) is 5.01. The average molecular weight is 245 g/mol. The van der Waals surface area contributed by atoms with Gasteiger partial charge in [0.15, 0.2) is 6.04 Å². The Labute approximate surface area is 105 Å². The van der Waals surface area contributed by atoms with Crippen LogP contribution >= 0.6 is 0 Å². The highest BCUT2D eigenvalue weighted by molar-refractivity contribution is 5.74. The third-order valence-corrected chi connectivity index (χ3v) is 2.83. The van der Waals surface area contributed by atoms with Crippen molar-refractivity contribution >= 4 is 5.97 Å². The van der Waals surface area contributed by atoms with Gasteiger partial charge in [0.2, 0.25) is 0 Å². The normalized spacial score (nSPS) is 12.3. The van der Waals surface area contributed by atoms with E-state index in [4.69, 9.17) is 10.8 Å². The number of hydrogen-bond acceptors (Lipinski definition) is 3. The lowest BCUT2D eigenvalue weighted by Gasteiger charge is -2.02. The summed E-state index contributed by atoms with van der Waals surface area (Å²) < 4.78 is 0. The molecule has 94 valence electrons. The molecule has 0 aliphatic rings. The van der Waals surface area contributed by atoms with Crippen LogP contribution in [0.5, 0.6) is 0 Å². The van der Waals surface area contributed by atoms with Crippen LogP contribution in [0.25, 0.3) is 11.3 Å². The molecule has 5 nitrogen and oxygen atoms in total. The van der Waals surface area contributed by atoms with Gasteiger partial charge >= 0.3 is 5.97 Å². The van der Waals surface area contributed by atoms with Crippen molar-refractivity contribution in [3.8, 4) is 11.3 Å². The summed E-state index contributed by atoms with van der Waals surface area (Å²) in [5, 5.41) is 8.80. The van der Waals surface area contributed by atoms with E-state index in [1.54, 1.807) is 6.20 Å². The van der Waals surface area contributed by atoms with E-state index in [2.05, 4.69) is 16.9 Å². The number of nitrogens with two attached hydrogens (primary N) is 1. The second-order valence-corrected chi connectivity index (χ2v) is 4.05. The topological polar surface area (TPSA) is 92.0 Å². The van der Waals surface area contributed by atoms with Gasteiger partial charge < -0.3 is 15.8 Å². The van der Waals surface area contributed by atoms with E-state index < -0.39 is 12.0 Å². The molecule has 0 fully saturated rings. The van der Waals surface area contributed by atoms with E-state index in [-0.39, 0.29) is 5.82 Å². The van der Waals surface area contributed by atoms with Gasteiger partial charge in [-0.25, -0.2) is 4.98 Å². The lowest BCUT2D eigenvalue weighted by atomic mass is 10.1. The first-order valence-electron chi connectivity index (χ1n) is 5.74. The van der Waals surface area contributed by atoms with Crippen LogP contribution in [0.4, 0.5) is 0 Å². The Morgan fingerprint density at radius 2 is 2.11 bits per heavy atom. The van der Waals surface area contributed by atoms with Crippen molar-refractivity contribution in [1.82, 2.24) is 9.97 Å². The predicted molar refractivity (Wildman–Crippen MR) is 68.0 cm³/mol. The lowest BCUT2D eigenvalue weighted by Crippen LogP contribution is -2.21. The van der Waals surface area contributed by atoms with Gasteiger partial charge in [-0.3, -0.25) is 4.79 Å². The Hall–Kier alpha value is -2.14. The smallest absolute Gasteiger partial charge is 0.328 e. The van der Waals surface area contributed by atoms with Crippen LogP contribution < -0.4 is 5.73 Å². The Morgan fingerprint density at radius 1 is 1.44 bits per heavy atom. The number of rotatable bonds is 4. The summed E-state index contributed by atoms with van der Waals surface area (Å²) in [5.41, 5.74) is 8.46. The fraction of sp³-hybridized carbons (Fsp3) is 0.231. The van der Waals surface area contributed by atoms with Gasteiger partial charge in [0.1, 0.15) is 5.82 Å². The van der Waals surface area contributed by atoms with Crippen LogP contribution in [0.3, 0.4) is 0 Å². The molecular formula is C13H15N3O2. The number of hydrogen-bond donors (Lipinski definition) is 3. The SMILES string of the molecule is CCc1ccc(-c2cnc(C(N)C(=O)O)[nH]2)cc1. The molecule has 5 heteroatoms. The molecule has 2 aromatic rings. The molecule has 4 N–H and O–H groups in total. The van der Waals surface area contributed by atoms with E-state index in [0.29, 0.717) is 0 Å². The van der Waals surface area contributed by atoms with Crippen molar-refractivity contribution in [2.45, 2.75) is 19.4 Å². The van der Waals surface area contributed by atoms with Gasteiger partial charge in [-0.2, -0.15) is 0 Å². The number of nitrogens with zero attached hydrogens (tertiary/aromatic N) is 1. The van der Waals surface area contributed by atoms with Gasteiger partial charge in [-0.05, 0) is 17.5 Å². The second-order valence-electron chi connectivity index (χ2n) is 4.05. The maximum absolute atomic E-state index is 10.7. The minimum Gasteiger partial charge on any atom is -0.480 e. The molecule has 0 bridgehead atoms. The molecule has 1 aromatic carbocycles. The molecule has 0 aliphatic carbocycles. The third kappa shape index (κ3) is 2.41. The van der Waals surface area contributed by atoms with Gasteiger partial charge in [-0.1, -0.05) is 31.2 Å². The minimum absolute atomic E-state index is 0.261. The van der Waals surface area contributed by atoms with Crippen LogP contribution in [0.2, 0.25) is 0 Å². The van der Waals surface area contributed by atoms with E-state index in [1.807, 2.05) is 24.3 Å². The molecule has 0 spiro atoms. The van der Waals surface area contributed by atoms with Crippen molar-refractivity contribution in [2.75, 3.05) is 0 Å². The molecule has 1 aromatic heterocycles. The minimum atomic E-state index is -1.12. The molecule has 0 radical (unpaired) electrons. The number of carboxylic acids is 1. The van der Waals surface area contributed by atoms with Gasteiger partial charge in [0, 0.05) is 0 Å². The van der Waals surface area contributed by atoms with Gasteiger partial charge in [0.05, 0.1) is 11.9 Å². The Bertz CT molecular complexity index is 546. The van der Waals surface area contributed by atoms with E-state index in [0.717, 1.165) is 17.7 Å². The summed E-state index contributed by atoms with van der Waals surface area (Å²) in [4.78, 5) is 17.7. The zero-order chi connectivity index (χ0) is 13.1. The summed E-state index contributed by atoms with van der Waals surface area (Å²) in [6.07, 6.45) is 2.58. The number of carbonyl (C=O) groups is 1. The zero-order valence-corrected chi connectivity index (χ0v) is 10.1. The van der Waals surface area contributed by atoms with Crippen LogP contribution in [-0.2, 0) is 11.2 Å². The molecule has 18 heavy (non-hydrogen) atoms. The Balaban J connectivity index is 2.26. The number of aromatic amines is 1. The summed E-state index contributed by atoms with van der Waals surface area (Å²) in [7, 11) is 0. The molecule has 0 saturated carbocycles. The maximum Gasteiger partial charge on any atom is 0.328 e. The quantitative estimate of drug-likeness (QED) is 0.764. The third-order valence-electron chi connectivity index (χ3n) is 2.83. The van der Waals surface area contributed by atoms with Gasteiger partial charge in [-0.15, -0.1) is 0 Å². The summed E-state index contributed by atoms with van der Waals surface area (Å²) in [6, 6.07) is 6.90. The first-order valence-corrected chi connectivity index (χ1v) is 5.74. The van der Waals surface area contributed by atoms with E-state index in [1.165, 1.54) is 5.56 Å². The van der Waals surface area contributed by atoms with Gasteiger partial charge in [0.25, 0.3) is 0 Å². The molecule has 2 rings (SSSR count). The van der Waals surface area contributed by atoms with Crippen LogP contribution in [0.15, 0.2) is 30.5 Å². The fourth-order valence-electron chi connectivity index (χ4n) is 1.68. The molecular weight excluding hydrogens is 230 g/mol. The number of nitrogens with one attached hydrogen (secondary N) is 1. The van der Waals surface area contributed by atoms with Crippen molar-refractivity contribution in [1.29, 1.82) is 0 Å². The summed E-state index contributed by atoms with van der Waals surface area (Å²) in [6.45, 7) is 2.09. The first kappa shape index (κ1) is 12.3. The van der Waals surface area contributed by atoms with Crippen molar-refractivity contribution in [3.05, 3.63) is 41.9 Å². The van der Waals surface area contributed by atoms with E-state index >= 15 is 0 Å². The monoisotopic (exact) mass is 245 g/mol. The Kier molecular flexibility index (Phi) is 3.43. The Morgan fingerprint density at radius 3 is 2.67 bits per heavy atom. The number of carboxylic acid groups (broad SMARTS) is 1. The molecule has 0 aliphatic heterocycles. The number of aryl methyl sites for hydroxylation is 1. The molecule has 1 unspecified atom stereocenters. The largest absolute Gasteiger partial charge is 0.480 e. The average Bonchev–Trinajstić information content (AvgIpc) is 2.87. The fourth-order valence-corrected chi connectivity index (χ4v) is 1.68. The number of aromatic nitrogens is 2. The highest BCUT2D eigenvalue weighted by atomic mass is 16.4. The highest BCUT2D eigenvalue weighted by Crippen LogP contribution is 2.19. The standard InChI is InChI=1S/C13H15N3O2/c1-2-8-3-5-9(6-4-8)10-7-15-12(16-10)11(14)13(17)18/h3-7,11H,2,14H2,1H3,(H,15,16)(H,17,18). The number of benzene rings is 1. The van der Waals surface area contributed by atoms with Crippen molar-refractivity contribution in [2.24, 2.45) is 5.73 Å². The highest BCUT2D eigenvalue weighted by Gasteiger charge is 2.17. The van der Waals surface area contributed by atoms with Crippen molar-refractivity contribution < 1.29 is 9.90 Å². The number of imidazole rings is 1. The predicted octanol–water partition coefficient (Wildman–Crippen LogP) is 1.72. The van der Waals surface area contributed by atoms with Crippen LogP contribution in [0, 0.1) is 0 Å². The zero-order valence-electron chi connectivity index (χ0n) is 10.1. The number of aliphatic carboxylic acids is 1. The van der Waals surface area contributed by atoms with Crippen LogP contribution in [0.1, 0.15) is 24.4 Å². The molecule has 1 atom stereocenters. The molecule has 0 saturated heterocycles. The summed E-state index contributed by atoms with van der Waals surface area (Å²) in [5.74, 6) is -0.839. The lowest BCUT2D eigenvalue weighted by molar-refractivity contribution is -0.138. The summed E-state index contributed by atoms with van der Waals surface area (Å²) >= 11 is 0. The number of H-pyrrole nitrogens is 1. The molecule has 0 amide bonds. The maximum atomic E-state index is 10.7.